The summed E-state index contributed by atoms with van der Waals surface area (Å²) in [5, 5.41) is 11.3. The highest BCUT2D eigenvalue weighted by Gasteiger charge is 2.21. The van der Waals surface area contributed by atoms with Crippen LogP contribution in [0.5, 0.6) is 6.01 Å². The van der Waals surface area contributed by atoms with Crippen molar-refractivity contribution in [2.24, 2.45) is 0 Å². The lowest BCUT2D eigenvalue weighted by molar-refractivity contribution is 0.369. The van der Waals surface area contributed by atoms with Crippen LogP contribution in [0.3, 0.4) is 0 Å². The zero-order valence-corrected chi connectivity index (χ0v) is 8.45. The molecule has 2 heterocycles. The van der Waals surface area contributed by atoms with Crippen LogP contribution in [0.1, 0.15) is 23.7 Å². The van der Waals surface area contributed by atoms with Gasteiger partial charge in [0.2, 0.25) is 0 Å². The molecule has 1 aliphatic heterocycles. The van der Waals surface area contributed by atoms with Crippen molar-refractivity contribution in [3.05, 3.63) is 11.4 Å². The van der Waals surface area contributed by atoms with E-state index >= 15 is 0 Å². The van der Waals surface area contributed by atoms with Crippen molar-refractivity contribution in [1.29, 1.82) is 0 Å². The molecule has 1 atom stereocenters. The normalized spacial score (nSPS) is 21.1. The second-order valence-electron chi connectivity index (χ2n) is 3.46. The zero-order chi connectivity index (χ0) is 9.97. The summed E-state index contributed by atoms with van der Waals surface area (Å²) in [4.78, 5) is 4.21. The van der Waals surface area contributed by atoms with Crippen LogP contribution in [0.4, 0.5) is 0 Å². The van der Waals surface area contributed by atoms with Crippen LogP contribution in [0, 0.1) is 6.92 Å². The van der Waals surface area contributed by atoms with Gasteiger partial charge in [-0.2, -0.15) is 4.98 Å². The largest absolute Gasteiger partial charge is 0.466 e. The molecule has 1 N–H and O–H groups in total. The Labute approximate surface area is 82.9 Å². The lowest BCUT2D eigenvalue weighted by Crippen LogP contribution is -2.12. The Kier molecular flexibility index (Phi) is 2.58. The molecule has 14 heavy (non-hydrogen) atoms. The third kappa shape index (κ3) is 1.68. The fourth-order valence-corrected chi connectivity index (χ4v) is 1.74. The highest BCUT2D eigenvalue weighted by atomic mass is 16.5. The molecular weight excluding hydrogens is 180 g/mol. The van der Waals surface area contributed by atoms with Gasteiger partial charge in [0.1, 0.15) is 0 Å². The average Bonchev–Trinajstić information content (AvgIpc) is 2.70. The number of hydrogen-bond acceptors (Lipinski definition) is 5. The number of nitrogens with one attached hydrogen (secondary N) is 1. The third-order valence-electron chi connectivity index (χ3n) is 2.51. The number of aromatic nitrogens is 3. The molecule has 0 saturated carbocycles. The molecule has 0 aromatic carbocycles. The van der Waals surface area contributed by atoms with E-state index in [0.29, 0.717) is 11.9 Å². The van der Waals surface area contributed by atoms with E-state index in [1.54, 1.807) is 7.11 Å². The monoisotopic (exact) mass is 194 g/mol. The summed E-state index contributed by atoms with van der Waals surface area (Å²) >= 11 is 0. The van der Waals surface area contributed by atoms with E-state index in [4.69, 9.17) is 4.74 Å². The first-order valence-corrected chi connectivity index (χ1v) is 4.77. The fourth-order valence-electron chi connectivity index (χ4n) is 1.74. The molecule has 76 valence electrons. The second kappa shape index (κ2) is 3.88. The van der Waals surface area contributed by atoms with Gasteiger partial charge < -0.3 is 10.1 Å². The molecule has 1 aromatic heterocycles. The summed E-state index contributed by atoms with van der Waals surface area (Å²) in [6, 6.07) is 0.345. The van der Waals surface area contributed by atoms with Gasteiger partial charge in [0.15, 0.2) is 0 Å². The van der Waals surface area contributed by atoms with Gasteiger partial charge in [-0.25, -0.2) is 0 Å². The number of ether oxygens (including phenoxy) is 1. The molecule has 0 radical (unpaired) electrons. The Balaban J connectivity index is 2.25. The summed E-state index contributed by atoms with van der Waals surface area (Å²) < 4.78 is 4.91. The van der Waals surface area contributed by atoms with Gasteiger partial charge in [-0.3, -0.25) is 0 Å². The van der Waals surface area contributed by atoms with Crippen LogP contribution >= 0.6 is 0 Å². The Bertz CT molecular complexity index is 323. The van der Waals surface area contributed by atoms with Gasteiger partial charge >= 0.3 is 6.01 Å². The first-order chi connectivity index (χ1) is 6.81. The predicted molar refractivity (Wildman–Crippen MR) is 51.3 cm³/mol. The minimum atomic E-state index is 0.345. The van der Waals surface area contributed by atoms with Crippen LogP contribution in [-0.4, -0.2) is 35.4 Å². The number of methoxy groups -OCH3 is 1. The van der Waals surface area contributed by atoms with Gasteiger partial charge in [-0.05, 0) is 19.9 Å². The van der Waals surface area contributed by atoms with Crippen molar-refractivity contribution in [3.8, 4) is 6.01 Å². The van der Waals surface area contributed by atoms with Crippen molar-refractivity contribution in [2.75, 3.05) is 20.2 Å². The van der Waals surface area contributed by atoms with Gasteiger partial charge in [0.05, 0.1) is 18.5 Å². The van der Waals surface area contributed by atoms with E-state index in [9.17, 15) is 0 Å². The molecule has 0 spiro atoms. The first-order valence-electron chi connectivity index (χ1n) is 4.77. The van der Waals surface area contributed by atoms with E-state index in [1.165, 1.54) is 0 Å². The molecule has 0 bridgehead atoms. The number of hydrogen-bond donors (Lipinski definition) is 1. The summed E-state index contributed by atoms with van der Waals surface area (Å²) in [7, 11) is 1.55. The minimum absolute atomic E-state index is 0.345. The van der Waals surface area contributed by atoms with Gasteiger partial charge in [-0.1, -0.05) is 5.10 Å². The van der Waals surface area contributed by atoms with Crippen molar-refractivity contribution >= 4 is 0 Å². The summed E-state index contributed by atoms with van der Waals surface area (Å²) in [5.74, 6) is 0.459. The number of aryl methyl sites for hydroxylation is 1. The van der Waals surface area contributed by atoms with Crippen LogP contribution in [0.25, 0.3) is 0 Å². The van der Waals surface area contributed by atoms with Crippen LogP contribution in [0.2, 0.25) is 0 Å². The number of nitrogens with zero attached hydrogens (tertiary/aromatic N) is 3. The number of rotatable bonds is 2. The average molecular weight is 194 g/mol. The Morgan fingerprint density at radius 3 is 2.86 bits per heavy atom. The third-order valence-corrected chi connectivity index (χ3v) is 2.51. The highest BCUT2D eigenvalue weighted by molar-refractivity contribution is 5.16. The van der Waals surface area contributed by atoms with Crippen molar-refractivity contribution < 1.29 is 4.74 Å². The molecule has 5 heteroatoms. The molecule has 0 amide bonds. The zero-order valence-electron chi connectivity index (χ0n) is 8.45. The van der Waals surface area contributed by atoms with Crippen molar-refractivity contribution in [3.63, 3.8) is 0 Å². The van der Waals surface area contributed by atoms with Gasteiger partial charge in [-0.15, -0.1) is 5.10 Å². The molecule has 5 nitrogen and oxygen atoms in total. The SMILES string of the molecule is COc1nnc(C2CCNC2)c(C)n1. The van der Waals surface area contributed by atoms with Crippen LogP contribution in [0.15, 0.2) is 0 Å². The predicted octanol–water partition coefficient (Wildman–Crippen LogP) is 0.266. The maximum absolute atomic E-state index is 4.91. The molecule has 0 aliphatic carbocycles. The van der Waals surface area contributed by atoms with Crippen LogP contribution < -0.4 is 10.1 Å². The highest BCUT2D eigenvalue weighted by Crippen LogP contribution is 2.22. The standard InChI is InChI=1S/C9H14N4O/c1-6-8(7-3-4-10-5-7)12-13-9(11-6)14-2/h7,10H,3-5H2,1-2H3. The smallest absolute Gasteiger partial charge is 0.335 e. The topological polar surface area (TPSA) is 59.9 Å². The quantitative estimate of drug-likeness (QED) is 0.732. The minimum Gasteiger partial charge on any atom is -0.466 e. The molecule has 1 fully saturated rings. The van der Waals surface area contributed by atoms with E-state index in [0.717, 1.165) is 30.9 Å². The molecule has 1 unspecified atom stereocenters. The van der Waals surface area contributed by atoms with E-state index < -0.39 is 0 Å². The van der Waals surface area contributed by atoms with Crippen molar-refractivity contribution in [2.45, 2.75) is 19.3 Å². The molecule has 1 aliphatic rings. The van der Waals surface area contributed by atoms with E-state index in [1.807, 2.05) is 6.92 Å². The van der Waals surface area contributed by atoms with Crippen LogP contribution in [-0.2, 0) is 0 Å². The Hall–Kier alpha value is -1.23. The van der Waals surface area contributed by atoms with E-state index in [2.05, 4.69) is 20.5 Å². The maximum atomic E-state index is 4.91. The first kappa shape index (κ1) is 9.33. The summed E-state index contributed by atoms with van der Waals surface area (Å²) in [6.07, 6.45) is 1.11. The Morgan fingerprint density at radius 2 is 2.29 bits per heavy atom. The fraction of sp³-hybridized carbons (Fsp3) is 0.667. The second-order valence-corrected chi connectivity index (χ2v) is 3.46. The van der Waals surface area contributed by atoms with Gasteiger partial charge in [0, 0.05) is 12.5 Å². The van der Waals surface area contributed by atoms with Crippen molar-refractivity contribution in [1.82, 2.24) is 20.5 Å². The van der Waals surface area contributed by atoms with E-state index in [-0.39, 0.29) is 0 Å². The molecule has 2 rings (SSSR count). The summed E-state index contributed by atoms with van der Waals surface area (Å²) in [5.41, 5.74) is 1.92. The van der Waals surface area contributed by atoms with Gasteiger partial charge in [0.25, 0.3) is 0 Å². The maximum Gasteiger partial charge on any atom is 0.335 e. The Morgan fingerprint density at radius 1 is 1.43 bits per heavy atom. The molecule has 1 aromatic rings. The lowest BCUT2D eigenvalue weighted by atomic mass is 10.0. The summed E-state index contributed by atoms with van der Waals surface area (Å²) in [6.45, 7) is 3.98. The lowest BCUT2D eigenvalue weighted by Gasteiger charge is -2.09. The molecular formula is C9H14N4O. The molecule has 1 saturated heterocycles.